The minimum Gasteiger partial charge on any atom is -0.339 e. The molecule has 2 aliphatic heterocycles. The van der Waals surface area contributed by atoms with Crippen LogP contribution in [0.2, 0.25) is 0 Å². The van der Waals surface area contributed by atoms with Gasteiger partial charge in [-0.3, -0.25) is 9.59 Å². The molecule has 2 aromatic carbocycles. The summed E-state index contributed by atoms with van der Waals surface area (Å²) in [6.07, 6.45) is 0.754. The Balaban J connectivity index is 1.55. The second-order valence-corrected chi connectivity index (χ2v) is 12.3. The Labute approximate surface area is 207 Å². The van der Waals surface area contributed by atoms with Crippen LogP contribution < -0.4 is 10.2 Å². The van der Waals surface area contributed by atoms with E-state index in [1.165, 1.54) is 4.31 Å². The van der Waals surface area contributed by atoms with Gasteiger partial charge in [0.05, 0.1) is 11.9 Å². The van der Waals surface area contributed by atoms with Gasteiger partial charge in [0.15, 0.2) is 0 Å². The zero-order valence-electron chi connectivity index (χ0n) is 20.8. The van der Waals surface area contributed by atoms with Crippen molar-refractivity contribution in [2.75, 3.05) is 36.5 Å². The summed E-state index contributed by atoms with van der Waals surface area (Å²) >= 11 is 0. The third-order valence-corrected chi connectivity index (χ3v) is 9.49. The van der Waals surface area contributed by atoms with Crippen LogP contribution in [0.3, 0.4) is 0 Å². The van der Waals surface area contributed by atoms with Gasteiger partial charge in [-0.05, 0) is 75.9 Å². The Morgan fingerprint density at radius 1 is 1.03 bits per heavy atom. The van der Waals surface area contributed by atoms with Gasteiger partial charge in [0.2, 0.25) is 21.8 Å². The van der Waals surface area contributed by atoms with E-state index in [1.54, 1.807) is 18.7 Å². The monoisotopic (exact) mass is 498 g/mol. The third-order valence-electron chi connectivity index (χ3n) is 7.21. The molecular weight excluding hydrogens is 464 g/mol. The largest absolute Gasteiger partial charge is 0.339 e. The number of benzene rings is 2. The summed E-state index contributed by atoms with van der Waals surface area (Å²) in [5, 5.41) is 2.40. The number of piperidine rings is 1. The van der Waals surface area contributed by atoms with Crippen LogP contribution in [-0.2, 0) is 19.6 Å². The highest BCUT2D eigenvalue weighted by Gasteiger charge is 2.55. The van der Waals surface area contributed by atoms with Gasteiger partial charge in [-0.15, -0.1) is 0 Å². The van der Waals surface area contributed by atoms with Crippen molar-refractivity contribution in [2.45, 2.75) is 51.3 Å². The molecule has 8 nitrogen and oxygen atoms in total. The summed E-state index contributed by atoms with van der Waals surface area (Å²) in [5.41, 5.74) is 2.94. The van der Waals surface area contributed by atoms with Gasteiger partial charge in [-0.1, -0.05) is 24.3 Å². The Bertz CT molecular complexity index is 1210. The van der Waals surface area contributed by atoms with E-state index in [1.807, 2.05) is 67.3 Å². The lowest BCUT2D eigenvalue weighted by atomic mass is 9.86. The topological polar surface area (TPSA) is 90.0 Å². The van der Waals surface area contributed by atoms with E-state index in [9.17, 15) is 18.0 Å². The quantitative estimate of drug-likeness (QED) is 0.661. The standard InChI is InChI=1S/C26H34N4O4S/c1-19(2)35(33,34)29-14-12-26(13-15-29)25(32)28(18-30(26)23-8-6-5-7-9-23)17-24(31)27-22-11-10-20(3)21(4)16-22/h5-11,16,19H,12-15,17-18H2,1-4H3,(H,27,31). The fourth-order valence-electron chi connectivity index (χ4n) is 4.92. The number of hydrogen-bond donors (Lipinski definition) is 1. The van der Waals surface area contributed by atoms with E-state index in [-0.39, 0.29) is 38.1 Å². The number of aryl methyl sites for hydroxylation is 2. The van der Waals surface area contributed by atoms with Crippen molar-refractivity contribution in [3.8, 4) is 0 Å². The molecule has 0 unspecified atom stereocenters. The van der Waals surface area contributed by atoms with Gasteiger partial charge < -0.3 is 15.1 Å². The zero-order chi connectivity index (χ0) is 25.4. The first-order valence-corrected chi connectivity index (χ1v) is 13.5. The van der Waals surface area contributed by atoms with Crippen LogP contribution in [0.15, 0.2) is 48.5 Å². The first kappa shape index (κ1) is 25.2. The van der Waals surface area contributed by atoms with Crippen LogP contribution in [0.1, 0.15) is 37.8 Å². The predicted molar refractivity (Wildman–Crippen MR) is 138 cm³/mol. The maximum absolute atomic E-state index is 13.8. The van der Waals surface area contributed by atoms with Crippen LogP contribution in [0.4, 0.5) is 11.4 Å². The van der Waals surface area contributed by atoms with Crippen LogP contribution in [0, 0.1) is 13.8 Å². The SMILES string of the molecule is Cc1ccc(NC(=O)CN2CN(c3ccccc3)C3(CCN(S(=O)(=O)C(C)C)CC3)C2=O)cc1C. The smallest absolute Gasteiger partial charge is 0.250 e. The molecule has 0 aromatic heterocycles. The molecule has 188 valence electrons. The summed E-state index contributed by atoms with van der Waals surface area (Å²) < 4.78 is 26.9. The second kappa shape index (κ2) is 9.62. The third kappa shape index (κ3) is 4.79. The molecule has 2 aliphatic rings. The number of amides is 2. The Morgan fingerprint density at radius 3 is 2.29 bits per heavy atom. The Kier molecular flexibility index (Phi) is 6.92. The molecule has 0 bridgehead atoms. The summed E-state index contributed by atoms with van der Waals surface area (Å²) in [4.78, 5) is 30.3. The average Bonchev–Trinajstić information content (AvgIpc) is 3.08. The molecule has 2 fully saturated rings. The number of anilines is 2. The van der Waals surface area contributed by atoms with Crippen LogP contribution in [-0.4, -0.2) is 66.5 Å². The molecule has 0 radical (unpaired) electrons. The summed E-state index contributed by atoms with van der Waals surface area (Å²) in [7, 11) is -3.39. The van der Waals surface area contributed by atoms with E-state index in [4.69, 9.17) is 0 Å². The van der Waals surface area contributed by atoms with Crippen molar-refractivity contribution in [1.29, 1.82) is 0 Å². The lowest BCUT2D eigenvalue weighted by Gasteiger charge is -2.43. The average molecular weight is 499 g/mol. The van der Waals surface area contributed by atoms with Gasteiger partial charge in [-0.25, -0.2) is 12.7 Å². The molecule has 1 spiro atoms. The number of carbonyl (C=O) groups excluding carboxylic acids is 2. The normalized spacial score (nSPS) is 18.5. The number of carbonyl (C=O) groups is 2. The van der Waals surface area contributed by atoms with E-state index >= 15 is 0 Å². The second-order valence-electron chi connectivity index (χ2n) is 9.78. The molecule has 0 aliphatic carbocycles. The predicted octanol–water partition coefficient (Wildman–Crippen LogP) is 3.12. The van der Waals surface area contributed by atoms with Gasteiger partial charge in [0.25, 0.3) is 0 Å². The number of hydrogen-bond acceptors (Lipinski definition) is 5. The minimum atomic E-state index is -3.39. The molecule has 0 atom stereocenters. The maximum Gasteiger partial charge on any atom is 0.250 e. The highest BCUT2D eigenvalue weighted by Crippen LogP contribution is 2.40. The Hall–Kier alpha value is -2.91. The molecule has 35 heavy (non-hydrogen) atoms. The number of para-hydroxylation sites is 1. The minimum absolute atomic E-state index is 0.0646. The van der Waals surface area contributed by atoms with Gasteiger partial charge >= 0.3 is 0 Å². The molecule has 2 amide bonds. The first-order valence-electron chi connectivity index (χ1n) is 12.0. The maximum atomic E-state index is 13.8. The van der Waals surface area contributed by atoms with Gasteiger partial charge in [0.1, 0.15) is 12.1 Å². The molecule has 2 aromatic rings. The van der Waals surface area contributed by atoms with Crippen molar-refractivity contribution in [3.63, 3.8) is 0 Å². The Morgan fingerprint density at radius 2 is 1.69 bits per heavy atom. The summed E-state index contributed by atoms with van der Waals surface area (Å²) in [6, 6.07) is 15.4. The lowest BCUT2D eigenvalue weighted by Crippen LogP contribution is -2.58. The molecule has 9 heteroatoms. The lowest BCUT2D eigenvalue weighted by molar-refractivity contribution is -0.136. The number of nitrogens with zero attached hydrogens (tertiary/aromatic N) is 3. The van der Waals surface area contributed by atoms with Crippen LogP contribution >= 0.6 is 0 Å². The fourth-order valence-corrected chi connectivity index (χ4v) is 6.21. The molecule has 0 saturated carbocycles. The van der Waals surface area contributed by atoms with E-state index in [0.29, 0.717) is 18.5 Å². The van der Waals surface area contributed by atoms with Crippen LogP contribution in [0.25, 0.3) is 0 Å². The van der Waals surface area contributed by atoms with Crippen molar-refractivity contribution in [2.24, 2.45) is 0 Å². The van der Waals surface area contributed by atoms with E-state index in [0.717, 1.165) is 16.8 Å². The molecule has 2 heterocycles. The number of rotatable bonds is 6. The first-order chi connectivity index (χ1) is 16.5. The highest BCUT2D eigenvalue weighted by molar-refractivity contribution is 7.89. The molecule has 2 saturated heterocycles. The number of sulfonamides is 1. The van der Waals surface area contributed by atoms with Crippen molar-refractivity contribution in [1.82, 2.24) is 9.21 Å². The van der Waals surface area contributed by atoms with E-state index in [2.05, 4.69) is 5.32 Å². The van der Waals surface area contributed by atoms with Gasteiger partial charge in [0, 0.05) is 24.5 Å². The van der Waals surface area contributed by atoms with Crippen LogP contribution in [0.5, 0.6) is 0 Å². The van der Waals surface area contributed by atoms with Crippen molar-refractivity contribution < 1.29 is 18.0 Å². The summed E-state index contributed by atoms with van der Waals surface area (Å²) in [6.45, 7) is 8.11. The number of nitrogens with one attached hydrogen (secondary N) is 1. The van der Waals surface area contributed by atoms with Crippen molar-refractivity contribution in [3.05, 3.63) is 59.7 Å². The van der Waals surface area contributed by atoms with E-state index < -0.39 is 20.8 Å². The fraction of sp³-hybridized carbons (Fsp3) is 0.462. The van der Waals surface area contributed by atoms with Gasteiger partial charge in [-0.2, -0.15) is 0 Å². The summed E-state index contributed by atoms with van der Waals surface area (Å²) in [5.74, 6) is -0.385. The highest BCUT2D eigenvalue weighted by atomic mass is 32.2. The molecule has 1 N–H and O–H groups in total. The molecular formula is C26H34N4O4S. The van der Waals surface area contributed by atoms with Crippen molar-refractivity contribution >= 4 is 33.2 Å². The zero-order valence-corrected chi connectivity index (χ0v) is 21.6. The molecule has 4 rings (SSSR count).